The number of rotatable bonds is 7. The molecule has 1 aromatic carbocycles. The largest absolute Gasteiger partial charge is 0.486 e. The minimum Gasteiger partial charge on any atom is -0.486 e. The van der Waals surface area contributed by atoms with E-state index in [4.69, 9.17) is 10.5 Å². The molecule has 0 aliphatic carbocycles. The molecule has 3 N–H and O–H groups in total. The number of nitrogens with two attached hydrogens (primary N) is 1. The van der Waals surface area contributed by atoms with Gasteiger partial charge in [-0.1, -0.05) is 0 Å². The predicted molar refractivity (Wildman–Crippen MR) is 129 cm³/mol. The number of nitrogens with one attached hydrogen (secondary N) is 1. The van der Waals surface area contributed by atoms with E-state index in [2.05, 4.69) is 14.6 Å². The normalized spacial score (nSPS) is 18.4. The standard InChI is InChI=1S/C24H31F2N5O4S/c1-28-36(33,34)21-14-18(25)13-20(26)23(21)35-19-5-10-31(11-6-19)24(32)17-3-8-30(9-4-17)15-16-2-7-29-22(27)12-16/h2,7,12-14,17,19,28H,3-6,8-11,15H2,1H3,(H2,27,29). The number of likely N-dealkylation sites (tertiary alicyclic amines) is 2. The van der Waals surface area contributed by atoms with Crippen LogP contribution in [0.5, 0.6) is 5.75 Å². The Morgan fingerprint density at radius 2 is 1.83 bits per heavy atom. The third-order valence-electron chi connectivity index (χ3n) is 6.76. The molecule has 0 radical (unpaired) electrons. The lowest BCUT2D eigenvalue weighted by atomic mass is 9.94. The van der Waals surface area contributed by atoms with Gasteiger partial charge >= 0.3 is 0 Å². The first-order chi connectivity index (χ1) is 17.2. The zero-order valence-electron chi connectivity index (χ0n) is 20.1. The van der Waals surface area contributed by atoms with Gasteiger partial charge in [-0.25, -0.2) is 26.9 Å². The number of nitrogens with zero attached hydrogens (tertiary/aromatic N) is 3. The Morgan fingerprint density at radius 3 is 2.47 bits per heavy atom. The van der Waals surface area contributed by atoms with E-state index in [-0.39, 0.29) is 11.8 Å². The van der Waals surface area contributed by atoms with Gasteiger partial charge < -0.3 is 15.4 Å². The number of hydrogen-bond donors (Lipinski definition) is 2. The molecule has 1 amide bonds. The molecule has 196 valence electrons. The zero-order chi connectivity index (χ0) is 25.9. The van der Waals surface area contributed by atoms with Crippen molar-refractivity contribution in [2.24, 2.45) is 5.92 Å². The summed E-state index contributed by atoms with van der Waals surface area (Å²) in [7, 11) is -2.96. The second-order valence-corrected chi connectivity index (χ2v) is 11.1. The fourth-order valence-electron chi connectivity index (χ4n) is 4.77. The molecule has 2 fully saturated rings. The topological polar surface area (TPSA) is 118 Å². The molecule has 1 aromatic heterocycles. The van der Waals surface area contributed by atoms with Crippen molar-refractivity contribution in [2.45, 2.75) is 43.2 Å². The first kappa shape index (κ1) is 26.2. The number of anilines is 1. The molecule has 2 saturated heterocycles. The second-order valence-electron chi connectivity index (χ2n) is 9.20. The Labute approximate surface area is 209 Å². The number of piperidine rings is 2. The number of amides is 1. The number of ether oxygens (including phenoxy) is 1. The van der Waals surface area contributed by atoms with Crippen molar-refractivity contribution in [3.63, 3.8) is 0 Å². The number of hydrogen-bond acceptors (Lipinski definition) is 7. The number of carbonyl (C=O) groups is 1. The molecule has 2 aromatic rings. The summed E-state index contributed by atoms with van der Waals surface area (Å²) in [6.07, 6.45) is 3.57. The van der Waals surface area contributed by atoms with Crippen molar-refractivity contribution >= 4 is 21.7 Å². The summed E-state index contributed by atoms with van der Waals surface area (Å²) in [5, 5.41) is 0. The van der Waals surface area contributed by atoms with Crippen LogP contribution < -0.4 is 15.2 Å². The van der Waals surface area contributed by atoms with E-state index in [1.807, 2.05) is 12.1 Å². The van der Waals surface area contributed by atoms with E-state index in [9.17, 15) is 22.0 Å². The van der Waals surface area contributed by atoms with E-state index < -0.39 is 38.4 Å². The Balaban J connectivity index is 1.30. The molecule has 0 unspecified atom stereocenters. The summed E-state index contributed by atoms with van der Waals surface area (Å²) in [4.78, 5) is 20.6. The van der Waals surface area contributed by atoms with E-state index in [0.29, 0.717) is 37.8 Å². The molecule has 3 heterocycles. The number of benzene rings is 1. The van der Waals surface area contributed by atoms with Crippen molar-refractivity contribution in [1.29, 1.82) is 0 Å². The molecule has 0 spiro atoms. The van der Waals surface area contributed by atoms with Crippen molar-refractivity contribution < 1.29 is 26.7 Å². The van der Waals surface area contributed by atoms with E-state index >= 15 is 0 Å². The van der Waals surface area contributed by atoms with E-state index in [1.54, 1.807) is 11.1 Å². The number of sulfonamides is 1. The monoisotopic (exact) mass is 523 g/mol. The van der Waals surface area contributed by atoms with Gasteiger partial charge in [0.25, 0.3) is 0 Å². The van der Waals surface area contributed by atoms with E-state index in [1.165, 1.54) is 0 Å². The summed E-state index contributed by atoms with van der Waals surface area (Å²) in [5.41, 5.74) is 6.85. The maximum atomic E-state index is 14.4. The van der Waals surface area contributed by atoms with Gasteiger partial charge in [-0.15, -0.1) is 0 Å². The Morgan fingerprint density at radius 1 is 1.14 bits per heavy atom. The number of carbonyl (C=O) groups excluding carboxylic acids is 1. The van der Waals surface area contributed by atoms with Crippen LogP contribution in [0.1, 0.15) is 31.2 Å². The second kappa shape index (κ2) is 11.1. The van der Waals surface area contributed by atoms with Gasteiger partial charge in [0, 0.05) is 50.7 Å². The minimum absolute atomic E-state index is 0.0526. The molecule has 12 heteroatoms. The summed E-state index contributed by atoms with van der Waals surface area (Å²) < 4.78 is 60.3. The van der Waals surface area contributed by atoms with Crippen molar-refractivity contribution in [1.82, 2.24) is 19.5 Å². The van der Waals surface area contributed by atoms with Gasteiger partial charge in [-0.05, 0) is 56.7 Å². The van der Waals surface area contributed by atoms with Crippen LogP contribution in [-0.2, 0) is 21.4 Å². The number of aromatic nitrogens is 1. The van der Waals surface area contributed by atoms with Crippen LogP contribution in [0.25, 0.3) is 0 Å². The fraction of sp³-hybridized carbons (Fsp3) is 0.500. The van der Waals surface area contributed by atoms with Crippen molar-refractivity contribution in [3.8, 4) is 5.75 Å². The first-order valence-electron chi connectivity index (χ1n) is 12.0. The first-order valence-corrected chi connectivity index (χ1v) is 13.5. The summed E-state index contributed by atoms with van der Waals surface area (Å²) in [5.74, 6) is -2.05. The van der Waals surface area contributed by atoms with Crippen LogP contribution in [0.15, 0.2) is 35.4 Å². The number of nitrogen functional groups attached to an aromatic ring is 1. The van der Waals surface area contributed by atoms with Gasteiger partial charge in [0.05, 0.1) is 0 Å². The van der Waals surface area contributed by atoms with Gasteiger partial charge in [0.15, 0.2) is 11.6 Å². The van der Waals surface area contributed by atoms with Crippen LogP contribution >= 0.6 is 0 Å². The molecule has 0 atom stereocenters. The third kappa shape index (κ3) is 6.11. The Kier molecular flexibility index (Phi) is 8.06. The summed E-state index contributed by atoms with van der Waals surface area (Å²) in [6.45, 7) is 3.24. The highest BCUT2D eigenvalue weighted by atomic mass is 32.2. The molecule has 4 rings (SSSR count). The molecule has 36 heavy (non-hydrogen) atoms. The lowest BCUT2D eigenvalue weighted by Gasteiger charge is -2.37. The maximum absolute atomic E-state index is 14.4. The SMILES string of the molecule is CNS(=O)(=O)c1cc(F)cc(F)c1OC1CCN(C(=O)C2CCN(Cc3ccnc(N)c3)CC2)CC1. The van der Waals surface area contributed by atoms with Crippen LogP contribution in [0, 0.1) is 17.6 Å². The molecule has 2 aliphatic rings. The van der Waals surface area contributed by atoms with Crippen molar-refractivity contribution in [3.05, 3.63) is 47.7 Å². The number of pyridine rings is 1. The molecule has 0 bridgehead atoms. The van der Waals surface area contributed by atoms with E-state index in [0.717, 1.165) is 51.2 Å². The quantitative estimate of drug-likeness (QED) is 0.571. The van der Waals surface area contributed by atoms with Crippen LogP contribution in [0.4, 0.5) is 14.6 Å². The third-order valence-corrected chi connectivity index (χ3v) is 8.18. The molecule has 9 nitrogen and oxygen atoms in total. The molecular weight excluding hydrogens is 492 g/mol. The Hall–Kier alpha value is -2.83. The minimum atomic E-state index is -4.12. The van der Waals surface area contributed by atoms with Gasteiger partial charge in [-0.3, -0.25) is 9.69 Å². The Bertz CT molecular complexity index is 1200. The molecular formula is C24H31F2N5O4S. The van der Waals surface area contributed by atoms with Crippen LogP contribution in [-0.4, -0.2) is 68.4 Å². The summed E-state index contributed by atoms with van der Waals surface area (Å²) >= 11 is 0. The number of halogens is 2. The van der Waals surface area contributed by atoms with Gasteiger partial charge in [-0.2, -0.15) is 0 Å². The van der Waals surface area contributed by atoms with Gasteiger partial charge in [0.1, 0.15) is 22.6 Å². The van der Waals surface area contributed by atoms with Crippen LogP contribution in [0.3, 0.4) is 0 Å². The zero-order valence-corrected chi connectivity index (χ0v) is 20.9. The van der Waals surface area contributed by atoms with Gasteiger partial charge in [0.2, 0.25) is 15.9 Å². The smallest absolute Gasteiger partial charge is 0.244 e. The molecule has 0 saturated carbocycles. The lowest BCUT2D eigenvalue weighted by molar-refractivity contribution is -0.139. The average molecular weight is 524 g/mol. The molecule has 2 aliphatic heterocycles. The maximum Gasteiger partial charge on any atom is 0.244 e. The highest BCUT2D eigenvalue weighted by molar-refractivity contribution is 7.89. The lowest BCUT2D eigenvalue weighted by Crippen LogP contribution is -2.47. The van der Waals surface area contributed by atoms with Crippen LogP contribution in [0.2, 0.25) is 0 Å². The average Bonchev–Trinajstić information content (AvgIpc) is 2.86. The highest BCUT2D eigenvalue weighted by Gasteiger charge is 2.33. The highest BCUT2D eigenvalue weighted by Crippen LogP contribution is 2.31. The summed E-state index contributed by atoms with van der Waals surface area (Å²) in [6, 6.07) is 5.13. The fourth-order valence-corrected chi connectivity index (χ4v) is 5.65. The predicted octanol–water partition coefficient (Wildman–Crippen LogP) is 2.13. The van der Waals surface area contributed by atoms with Crippen molar-refractivity contribution in [2.75, 3.05) is 39.0 Å².